The maximum atomic E-state index is 12.3. The van der Waals surface area contributed by atoms with E-state index in [9.17, 15) is 9.59 Å². The topological polar surface area (TPSA) is 106 Å². The Morgan fingerprint density at radius 1 is 1.36 bits per heavy atom. The number of aromatic amines is 1. The molecule has 144 valence electrons. The number of hydrogen-bond acceptors (Lipinski definition) is 6. The maximum Gasteiger partial charge on any atom is 0.326 e. The molecule has 0 bridgehead atoms. The summed E-state index contributed by atoms with van der Waals surface area (Å²) in [4.78, 5) is 28.0. The number of likely N-dealkylation sites (N-methyl/N-ethyl adjacent to an activating group) is 1. The normalized spacial score (nSPS) is 11.3. The molecule has 2 N–H and O–H groups in total. The van der Waals surface area contributed by atoms with Gasteiger partial charge in [-0.15, -0.1) is 0 Å². The summed E-state index contributed by atoms with van der Waals surface area (Å²) in [6.07, 6.45) is 1.92. The number of carbonyl (C=O) groups is 1. The van der Waals surface area contributed by atoms with Crippen molar-refractivity contribution in [2.75, 3.05) is 7.05 Å². The molecule has 1 amide bonds. The Morgan fingerprint density at radius 3 is 2.82 bits per heavy atom. The zero-order valence-electron chi connectivity index (χ0n) is 15.9. The molecule has 0 aliphatic heterocycles. The first-order valence-electron chi connectivity index (χ1n) is 8.71. The van der Waals surface area contributed by atoms with Crippen molar-refractivity contribution in [2.45, 2.75) is 20.3 Å². The molecule has 0 spiro atoms. The number of fused-ring (bicyclic) bond motifs is 1. The number of benzene rings is 1. The highest BCUT2D eigenvalue weighted by Gasteiger charge is 2.21. The highest BCUT2D eigenvalue weighted by atomic mass is 32.1. The van der Waals surface area contributed by atoms with Crippen LogP contribution in [0.4, 0.5) is 0 Å². The van der Waals surface area contributed by atoms with Crippen LogP contribution in [0, 0.1) is 13.8 Å². The van der Waals surface area contributed by atoms with Crippen LogP contribution >= 0.6 is 11.5 Å². The Morgan fingerprint density at radius 2 is 2.14 bits per heavy atom. The molecule has 0 saturated carbocycles. The molecule has 0 aliphatic carbocycles. The summed E-state index contributed by atoms with van der Waals surface area (Å²) in [7, 11) is 3.32. The van der Waals surface area contributed by atoms with Gasteiger partial charge in [-0.1, -0.05) is 5.16 Å². The smallest absolute Gasteiger partial charge is 0.326 e. The van der Waals surface area contributed by atoms with Gasteiger partial charge in [-0.2, -0.15) is 0 Å². The zero-order valence-corrected chi connectivity index (χ0v) is 16.7. The summed E-state index contributed by atoms with van der Waals surface area (Å²) in [6, 6.07) is 3.90. The second-order valence-electron chi connectivity index (χ2n) is 6.66. The first kappa shape index (κ1) is 18.2. The fourth-order valence-corrected chi connectivity index (χ4v) is 4.18. The summed E-state index contributed by atoms with van der Waals surface area (Å²) < 4.78 is 11.3. The number of carbonyl (C=O) groups excluding carboxylic acids is 1. The summed E-state index contributed by atoms with van der Waals surface area (Å²) in [5.74, 6) is 0.464. The number of rotatable bonds is 4. The van der Waals surface area contributed by atoms with Crippen LogP contribution in [0.25, 0.3) is 32.6 Å². The van der Waals surface area contributed by atoms with Gasteiger partial charge in [-0.25, -0.2) is 9.17 Å². The number of amides is 1. The van der Waals surface area contributed by atoms with Gasteiger partial charge in [0.1, 0.15) is 11.5 Å². The first-order valence-corrected chi connectivity index (χ1v) is 9.48. The monoisotopic (exact) mass is 397 g/mol. The van der Waals surface area contributed by atoms with E-state index in [2.05, 4.69) is 19.8 Å². The van der Waals surface area contributed by atoms with Gasteiger partial charge in [-0.05, 0) is 48.6 Å². The maximum absolute atomic E-state index is 12.3. The molecule has 0 radical (unpaired) electrons. The van der Waals surface area contributed by atoms with Crippen LogP contribution in [0.1, 0.15) is 17.0 Å². The molecule has 4 aromatic rings. The van der Waals surface area contributed by atoms with Crippen LogP contribution < -0.4 is 11.0 Å². The van der Waals surface area contributed by atoms with Gasteiger partial charge in [0.25, 0.3) is 0 Å². The van der Waals surface area contributed by atoms with Crippen molar-refractivity contribution < 1.29 is 9.32 Å². The van der Waals surface area contributed by atoms with Crippen molar-refractivity contribution in [3.63, 3.8) is 0 Å². The van der Waals surface area contributed by atoms with Gasteiger partial charge in [0.2, 0.25) is 5.91 Å². The van der Waals surface area contributed by atoms with Crippen molar-refractivity contribution in [3.8, 4) is 21.6 Å². The third-order valence-electron chi connectivity index (χ3n) is 4.81. The highest BCUT2D eigenvalue weighted by Crippen LogP contribution is 2.38. The molecule has 0 atom stereocenters. The second-order valence-corrected chi connectivity index (χ2v) is 7.46. The Balaban J connectivity index is 2.01. The van der Waals surface area contributed by atoms with Crippen molar-refractivity contribution >= 4 is 28.5 Å². The predicted octanol–water partition coefficient (Wildman–Crippen LogP) is 2.55. The molecule has 0 fully saturated rings. The molecule has 9 heteroatoms. The lowest BCUT2D eigenvalue weighted by Gasteiger charge is -2.09. The van der Waals surface area contributed by atoms with Crippen LogP contribution in [0.5, 0.6) is 0 Å². The molecular formula is C19H19N5O3S. The minimum atomic E-state index is -0.191. The van der Waals surface area contributed by atoms with Gasteiger partial charge in [0.15, 0.2) is 0 Å². The van der Waals surface area contributed by atoms with Crippen molar-refractivity contribution in [1.82, 2.24) is 24.4 Å². The van der Waals surface area contributed by atoms with Crippen LogP contribution in [0.3, 0.4) is 0 Å². The summed E-state index contributed by atoms with van der Waals surface area (Å²) >= 11 is 1.38. The van der Waals surface area contributed by atoms with E-state index in [-0.39, 0.29) is 18.0 Å². The lowest BCUT2D eigenvalue weighted by molar-refractivity contribution is -0.120. The van der Waals surface area contributed by atoms with Crippen LogP contribution in [-0.2, 0) is 18.3 Å². The minimum absolute atomic E-state index is 0.113. The van der Waals surface area contributed by atoms with E-state index in [0.29, 0.717) is 17.0 Å². The standard InChI is InChI=1S/C19H19N5O3S/c1-9-8-21-28-18(9)12-5-11(6-14-17(12)24(4)19(26)22-14)16-10(2)27-23-13(16)7-15(25)20-3/h5-6,8H,7H2,1-4H3,(H,20,25)(H,22,26). The highest BCUT2D eigenvalue weighted by molar-refractivity contribution is 7.09. The molecule has 8 nitrogen and oxygen atoms in total. The van der Waals surface area contributed by atoms with E-state index in [1.807, 2.05) is 32.2 Å². The molecule has 1 aromatic carbocycles. The molecule has 4 rings (SSSR count). The number of imidazole rings is 1. The van der Waals surface area contributed by atoms with Gasteiger partial charge in [-0.3, -0.25) is 9.36 Å². The summed E-state index contributed by atoms with van der Waals surface area (Å²) in [5.41, 5.74) is 5.41. The summed E-state index contributed by atoms with van der Waals surface area (Å²) in [5, 5.41) is 6.68. The first-order chi connectivity index (χ1) is 13.4. The van der Waals surface area contributed by atoms with Crippen molar-refractivity contribution in [3.05, 3.63) is 45.8 Å². The Hall–Kier alpha value is -3.20. The SMILES string of the molecule is CNC(=O)Cc1noc(C)c1-c1cc(-c2sncc2C)c2c(c1)[nH]c(=O)n2C. The molecule has 0 unspecified atom stereocenters. The Bertz CT molecular complexity index is 1260. The Kier molecular flexibility index (Phi) is 4.38. The van der Waals surface area contributed by atoms with E-state index in [1.54, 1.807) is 18.7 Å². The number of hydrogen-bond donors (Lipinski definition) is 2. The minimum Gasteiger partial charge on any atom is -0.361 e. The van der Waals surface area contributed by atoms with Crippen molar-refractivity contribution in [1.29, 1.82) is 0 Å². The van der Waals surface area contributed by atoms with Gasteiger partial charge in [0, 0.05) is 31.4 Å². The number of aromatic nitrogens is 4. The lowest BCUT2D eigenvalue weighted by Crippen LogP contribution is -2.20. The molecule has 0 saturated heterocycles. The van der Waals surface area contributed by atoms with E-state index >= 15 is 0 Å². The van der Waals surface area contributed by atoms with Gasteiger partial charge in [0.05, 0.1) is 22.3 Å². The second kappa shape index (κ2) is 6.75. The van der Waals surface area contributed by atoms with Crippen LogP contribution in [0.15, 0.2) is 27.6 Å². The number of aryl methyl sites for hydroxylation is 3. The fraction of sp³-hybridized carbons (Fsp3) is 0.263. The molecule has 28 heavy (non-hydrogen) atoms. The van der Waals surface area contributed by atoms with E-state index in [4.69, 9.17) is 4.52 Å². The predicted molar refractivity (Wildman–Crippen MR) is 107 cm³/mol. The van der Waals surface area contributed by atoms with Crippen molar-refractivity contribution in [2.24, 2.45) is 7.05 Å². The average Bonchev–Trinajstić information content (AvgIpc) is 3.33. The van der Waals surface area contributed by atoms with Gasteiger partial charge >= 0.3 is 5.69 Å². The van der Waals surface area contributed by atoms with E-state index in [0.717, 1.165) is 32.6 Å². The third-order valence-corrected chi connectivity index (χ3v) is 5.75. The molecule has 3 aromatic heterocycles. The Labute approximate surface area is 164 Å². The zero-order chi connectivity index (χ0) is 20.0. The van der Waals surface area contributed by atoms with Gasteiger partial charge < -0.3 is 14.8 Å². The number of H-pyrrole nitrogens is 1. The molecular weight excluding hydrogens is 378 g/mol. The number of nitrogens with one attached hydrogen (secondary N) is 2. The molecule has 3 heterocycles. The van der Waals surface area contributed by atoms with E-state index < -0.39 is 0 Å². The fourth-order valence-electron chi connectivity index (χ4n) is 3.41. The third kappa shape index (κ3) is 2.84. The van der Waals surface area contributed by atoms with Crippen LogP contribution in [-0.4, -0.2) is 32.0 Å². The summed E-state index contributed by atoms with van der Waals surface area (Å²) in [6.45, 7) is 3.80. The largest absolute Gasteiger partial charge is 0.361 e. The molecule has 0 aliphatic rings. The lowest BCUT2D eigenvalue weighted by atomic mass is 9.97. The van der Waals surface area contributed by atoms with Crippen LogP contribution in [0.2, 0.25) is 0 Å². The van der Waals surface area contributed by atoms with E-state index in [1.165, 1.54) is 11.5 Å². The average molecular weight is 397 g/mol. The number of nitrogens with zero attached hydrogens (tertiary/aromatic N) is 3. The quantitative estimate of drug-likeness (QED) is 0.550.